The van der Waals surface area contributed by atoms with E-state index in [9.17, 15) is 13.2 Å². The summed E-state index contributed by atoms with van der Waals surface area (Å²) in [4.78, 5) is 12.8. The van der Waals surface area contributed by atoms with Gasteiger partial charge < -0.3 is 14.2 Å². The maximum atomic E-state index is 13.1. The maximum absolute atomic E-state index is 13.1. The smallest absolute Gasteiger partial charge is 0.311 e. The predicted molar refractivity (Wildman–Crippen MR) is 117 cm³/mol. The molecule has 3 fully saturated rings. The molecule has 0 radical (unpaired) electrons. The van der Waals surface area contributed by atoms with Crippen LogP contribution >= 0.6 is 0 Å². The molecule has 3 aliphatic rings. The predicted octanol–water partition coefficient (Wildman–Crippen LogP) is 3.90. The van der Waals surface area contributed by atoms with Crippen LogP contribution < -0.4 is 0 Å². The summed E-state index contributed by atoms with van der Waals surface area (Å²) in [5.74, 6) is -1.88. The van der Waals surface area contributed by atoms with Crippen molar-refractivity contribution in [1.82, 2.24) is 0 Å². The molecule has 6 unspecified atom stereocenters. The van der Waals surface area contributed by atoms with Crippen LogP contribution in [0.25, 0.3) is 0 Å². The molecule has 0 aromatic heterocycles. The van der Waals surface area contributed by atoms with Gasteiger partial charge in [0.1, 0.15) is 0 Å². The van der Waals surface area contributed by atoms with E-state index >= 15 is 0 Å². The number of carbonyl (C=O) groups is 1. The Morgan fingerprint density at radius 3 is 2.59 bits per heavy atom. The highest BCUT2D eigenvalue weighted by molar-refractivity contribution is 7.86. The molecule has 0 amide bonds. The Morgan fingerprint density at radius 2 is 1.94 bits per heavy atom. The van der Waals surface area contributed by atoms with Crippen molar-refractivity contribution in [1.29, 1.82) is 0 Å². The van der Waals surface area contributed by atoms with E-state index in [1.807, 2.05) is 32.9 Å². The molecule has 6 atom stereocenters. The summed E-state index contributed by atoms with van der Waals surface area (Å²) in [6.45, 7) is 5.74. The van der Waals surface area contributed by atoms with E-state index in [4.69, 9.17) is 18.4 Å². The maximum Gasteiger partial charge on any atom is 0.311 e. The summed E-state index contributed by atoms with van der Waals surface area (Å²) in [7, 11) is -2.64. The summed E-state index contributed by atoms with van der Waals surface area (Å²) >= 11 is 0. The fourth-order valence-electron chi connectivity index (χ4n) is 5.51. The normalized spacial score (nSPS) is 37.1. The summed E-state index contributed by atoms with van der Waals surface area (Å²) < 4.78 is 50.2. The van der Waals surface area contributed by atoms with Gasteiger partial charge in [-0.25, -0.2) is 0 Å². The molecule has 32 heavy (non-hydrogen) atoms. The minimum atomic E-state index is -4.00. The van der Waals surface area contributed by atoms with Crippen LogP contribution in [-0.4, -0.2) is 45.6 Å². The van der Waals surface area contributed by atoms with E-state index < -0.39 is 33.3 Å². The van der Waals surface area contributed by atoms with E-state index in [1.165, 1.54) is 7.11 Å². The van der Waals surface area contributed by atoms with Crippen LogP contribution in [0, 0.1) is 18.3 Å². The standard InChI is InChI=1S/C24H32O7S/c1-5-7-17-14-20-19(22(25)28-4)15-23(3)21(8-6-13-24(23,29-17)30-20)31-32(26,27)18-11-9-16(2)10-12-18/h5,7,9-12,17,19-21H,6,8,13-15H2,1-4H3/b7-5-. The molecule has 8 heteroatoms. The Balaban J connectivity index is 1.71. The van der Waals surface area contributed by atoms with E-state index in [-0.39, 0.29) is 23.1 Å². The average molecular weight is 465 g/mol. The molecule has 1 aromatic rings. The van der Waals surface area contributed by atoms with E-state index in [0.717, 1.165) is 5.56 Å². The number of hydrogen-bond acceptors (Lipinski definition) is 7. The number of fused-ring (bicyclic) bond motifs is 1. The summed E-state index contributed by atoms with van der Waals surface area (Å²) in [5.41, 5.74) is 0.115. The van der Waals surface area contributed by atoms with Gasteiger partial charge in [-0.05, 0) is 45.2 Å². The first-order chi connectivity index (χ1) is 15.1. The van der Waals surface area contributed by atoms with Crippen LogP contribution in [0.2, 0.25) is 0 Å². The van der Waals surface area contributed by atoms with Crippen LogP contribution in [-0.2, 0) is 33.3 Å². The zero-order valence-corrected chi connectivity index (χ0v) is 19.9. The van der Waals surface area contributed by atoms with Gasteiger partial charge in [-0.15, -0.1) is 0 Å². The first kappa shape index (κ1) is 23.4. The van der Waals surface area contributed by atoms with Gasteiger partial charge in [0, 0.05) is 12.8 Å². The third-order valence-corrected chi connectivity index (χ3v) is 8.59. The largest absolute Gasteiger partial charge is 0.469 e. The first-order valence-electron chi connectivity index (χ1n) is 11.2. The van der Waals surface area contributed by atoms with E-state index in [0.29, 0.717) is 32.1 Å². The number of hydrogen-bond donors (Lipinski definition) is 0. The number of esters is 1. The lowest BCUT2D eigenvalue weighted by Gasteiger charge is -2.62. The second kappa shape index (κ2) is 8.56. The highest BCUT2D eigenvalue weighted by atomic mass is 32.2. The number of ether oxygens (including phenoxy) is 3. The lowest BCUT2D eigenvalue weighted by molar-refractivity contribution is -0.406. The summed E-state index contributed by atoms with van der Waals surface area (Å²) in [6, 6.07) is 6.59. The minimum absolute atomic E-state index is 0.113. The van der Waals surface area contributed by atoms with Crippen LogP contribution in [0.1, 0.15) is 51.5 Å². The van der Waals surface area contributed by atoms with Crippen molar-refractivity contribution in [2.45, 2.75) is 81.9 Å². The van der Waals surface area contributed by atoms with Gasteiger partial charge in [0.2, 0.25) is 0 Å². The third kappa shape index (κ3) is 3.91. The van der Waals surface area contributed by atoms with Gasteiger partial charge in [-0.3, -0.25) is 8.98 Å². The van der Waals surface area contributed by atoms with E-state index in [2.05, 4.69) is 0 Å². The molecule has 1 spiro atoms. The van der Waals surface area contributed by atoms with Crippen LogP contribution in [0.5, 0.6) is 0 Å². The molecule has 0 N–H and O–H groups in total. The molecule has 2 heterocycles. The second-order valence-electron chi connectivity index (χ2n) is 9.32. The lowest BCUT2D eigenvalue weighted by Crippen LogP contribution is -2.69. The highest BCUT2D eigenvalue weighted by Gasteiger charge is 2.66. The van der Waals surface area contributed by atoms with Gasteiger partial charge in [0.15, 0.2) is 5.79 Å². The van der Waals surface area contributed by atoms with E-state index in [1.54, 1.807) is 24.3 Å². The first-order valence-corrected chi connectivity index (χ1v) is 12.6. The number of rotatable bonds is 5. The molecule has 7 nitrogen and oxygen atoms in total. The van der Waals surface area contributed by atoms with Crippen molar-refractivity contribution in [2.75, 3.05) is 7.11 Å². The van der Waals surface area contributed by atoms with Gasteiger partial charge in [-0.1, -0.05) is 36.8 Å². The van der Waals surface area contributed by atoms with Crippen molar-refractivity contribution >= 4 is 16.1 Å². The Kier molecular flexibility index (Phi) is 6.26. The minimum Gasteiger partial charge on any atom is -0.469 e. The van der Waals surface area contributed by atoms with Crippen LogP contribution in [0.4, 0.5) is 0 Å². The molecular weight excluding hydrogens is 432 g/mol. The molecule has 2 saturated heterocycles. The number of aryl methyl sites for hydroxylation is 1. The molecule has 1 aromatic carbocycles. The highest BCUT2D eigenvalue weighted by Crippen LogP contribution is 2.59. The van der Waals surface area contributed by atoms with Crippen LogP contribution in [0.3, 0.4) is 0 Å². The molecule has 1 saturated carbocycles. The molecule has 176 valence electrons. The quantitative estimate of drug-likeness (QED) is 0.371. The average Bonchev–Trinajstić information content (AvgIpc) is 2.75. The monoisotopic (exact) mass is 464 g/mol. The SMILES string of the molecule is C/C=C\C1CC2OC3(CCCC(OS(=O)(=O)c4ccc(C)cc4)C3(C)CC2C(=O)OC)O1. The fourth-order valence-corrected chi connectivity index (χ4v) is 6.70. The van der Waals surface area contributed by atoms with Gasteiger partial charge in [-0.2, -0.15) is 8.42 Å². The van der Waals surface area contributed by atoms with Crippen molar-refractivity contribution in [3.8, 4) is 0 Å². The Bertz CT molecular complexity index is 986. The number of benzene rings is 1. The van der Waals surface area contributed by atoms with Crippen LogP contribution in [0.15, 0.2) is 41.3 Å². The molecule has 2 bridgehead atoms. The Labute approximate surface area is 190 Å². The van der Waals surface area contributed by atoms with Gasteiger partial charge in [0.25, 0.3) is 10.1 Å². The molecule has 4 rings (SSSR count). The molecule has 2 aliphatic heterocycles. The van der Waals surface area contributed by atoms with Gasteiger partial charge >= 0.3 is 5.97 Å². The zero-order chi connectivity index (χ0) is 23.1. The van der Waals surface area contributed by atoms with Crippen molar-refractivity contribution in [2.24, 2.45) is 11.3 Å². The summed E-state index contributed by atoms with van der Waals surface area (Å²) in [5, 5.41) is 0. The van der Waals surface area contributed by atoms with Crippen molar-refractivity contribution in [3.05, 3.63) is 42.0 Å². The third-order valence-electron chi connectivity index (χ3n) is 7.26. The van der Waals surface area contributed by atoms with Crippen molar-refractivity contribution in [3.63, 3.8) is 0 Å². The lowest BCUT2D eigenvalue weighted by atomic mass is 9.60. The number of methoxy groups -OCH3 is 1. The zero-order valence-electron chi connectivity index (χ0n) is 19.1. The molecule has 1 aliphatic carbocycles. The van der Waals surface area contributed by atoms with Crippen molar-refractivity contribution < 1.29 is 31.6 Å². The Hall–Kier alpha value is -1.74. The summed E-state index contributed by atoms with van der Waals surface area (Å²) in [6.07, 6.45) is 5.39. The topological polar surface area (TPSA) is 88.1 Å². The molecular formula is C24H32O7S. The Morgan fingerprint density at radius 1 is 1.22 bits per heavy atom. The second-order valence-corrected chi connectivity index (χ2v) is 10.9. The van der Waals surface area contributed by atoms with Gasteiger partial charge in [0.05, 0.1) is 41.7 Å². The fraction of sp³-hybridized carbons (Fsp3) is 0.625. The number of allylic oxidation sites excluding steroid dienone is 1. The number of carbonyl (C=O) groups excluding carboxylic acids is 1.